The van der Waals surface area contributed by atoms with Gasteiger partial charge >= 0.3 is 5.97 Å². The number of hydrogen-bond donors (Lipinski definition) is 3. The van der Waals surface area contributed by atoms with Crippen molar-refractivity contribution in [2.45, 2.75) is 11.7 Å². The van der Waals surface area contributed by atoms with E-state index >= 15 is 0 Å². The fourth-order valence-electron chi connectivity index (χ4n) is 3.70. The van der Waals surface area contributed by atoms with Crippen LogP contribution in [0.25, 0.3) is 0 Å². The first-order valence-corrected chi connectivity index (χ1v) is 8.30. The minimum atomic E-state index is -2.32. The minimum Gasteiger partial charge on any atom is -0.496 e. The highest BCUT2D eigenvalue weighted by Crippen LogP contribution is 2.52. The Morgan fingerprint density at radius 1 is 1.19 bits per heavy atom. The van der Waals surface area contributed by atoms with Crippen molar-refractivity contribution in [3.8, 4) is 23.0 Å². The predicted molar refractivity (Wildman–Crippen MR) is 91.2 cm³/mol. The van der Waals surface area contributed by atoms with E-state index < -0.39 is 30.2 Å². The van der Waals surface area contributed by atoms with Crippen LogP contribution < -0.4 is 18.9 Å². The van der Waals surface area contributed by atoms with E-state index in [1.54, 1.807) is 30.3 Å². The molecular formula is C19H18O8. The number of rotatable bonds is 4. The molecule has 0 amide bonds. The first-order valence-electron chi connectivity index (χ1n) is 8.30. The van der Waals surface area contributed by atoms with Gasteiger partial charge in [-0.25, -0.2) is 0 Å². The fourth-order valence-corrected chi connectivity index (χ4v) is 3.70. The molecule has 2 aliphatic heterocycles. The molecule has 0 aliphatic carbocycles. The second kappa shape index (κ2) is 6.33. The molecule has 2 aromatic carbocycles. The molecule has 2 heterocycles. The molecule has 0 saturated heterocycles. The van der Waals surface area contributed by atoms with Gasteiger partial charge in [0, 0.05) is 23.1 Å². The molecule has 3 atom stereocenters. The summed E-state index contributed by atoms with van der Waals surface area (Å²) < 4.78 is 21.7. The lowest BCUT2D eigenvalue weighted by Gasteiger charge is -2.42. The Bertz CT molecular complexity index is 895. The standard InChI is InChI=1S/C19H18O8/c1-24-12-5-3-2-4-10(12)16-11-6-14-15(26-9-25-14)7-13(11)27-19(23,8-20)17(16)18(21)22/h2-7,16-17,20,23H,8-9H2,1H3,(H,21,22)/t16-,17-,19+/m0/s1. The lowest BCUT2D eigenvalue weighted by atomic mass is 9.74. The van der Waals surface area contributed by atoms with E-state index in [4.69, 9.17) is 18.9 Å². The third-order valence-corrected chi connectivity index (χ3v) is 4.91. The Kier molecular flexibility index (Phi) is 4.09. The van der Waals surface area contributed by atoms with Crippen LogP contribution in [-0.2, 0) is 4.79 Å². The Balaban J connectivity index is 1.99. The molecule has 2 aliphatic rings. The average molecular weight is 374 g/mol. The molecule has 0 bridgehead atoms. The lowest BCUT2D eigenvalue weighted by Crippen LogP contribution is -2.55. The van der Waals surface area contributed by atoms with Crippen LogP contribution in [0, 0.1) is 5.92 Å². The molecule has 4 rings (SSSR count). The number of benzene rings is 2. The van der Waals surface area contributed by atoms with Gasteiger partial charge in [-0.1, -0.05) is 18.2 Å². The van der Waals surface area contributed by atoms with Crippen LogP contribution in [0.5, 0.6) is 23.0 Å². The first kappa shape index (κ1) is 17.4. The zero-order chi connectivity index (χ0) is 19.2. The van der Waals surface area contributed by atoms with E-state index in [2.05, 4.69) is 0 Å². The van der Waals surface area contributed by atoms with Gasteiger partial charge in [-0.15, -0.1) is 0 Å². The van der Waals surface area contributed by atoms with Crippen molar-refractivity contribution < 1.29 is 39.1 Å². The summed E-state index contributed by atoms with van der Waals surface area (Å²) in [6.45, 7) is -0.867. The summed E-state index contributed by atoms with van der Waals surface area (Å²) >= 11 is 0. The zero-order valence-electron chi connectivity index (χ0n) is 14.4. The van der Waals surface area contributed by atoms with Gasteiger partial charge in [-0.3, -0.25) is 4.79 Å². The molecule has 8 heteroatoms. The maximum absolute atomic E-state index is 12.1. The van der Waals surface area contributed by atoms with Crippen LogP contribution in [0.2, 0.25) is 0 Å². The summed E-state index contributed by atoms with van der Waals surface area (Å²) in [6, 6.07) is 10.1. The van der Waals surface area contributed by atoms with E-state index in [0.29, 0.717) is 28.4 Å². The molecule has 8 nitrogen and oxygen atoms in total. The lowest BCUT2D eigenvalue weighted by molar-refractivity contribution is -0.220. The second-order valence-electron chi connectivity index (χ2n) is 6.38. The van der Waals surface area contributed by atoms with E-state index in [-0.39, 0.29) is 12.5 Å². The summed E-state index contributed by atoms with van der Waals surface area (Å²) in [5, 5.41) is 30.5. The van der Waals surface area contributed by atoms with Crippen molar-refractivity contribution in [2.75, 3.05) is 20.5 Å². The molecule has 0 unspecified atom stereocenters. The number of hydrogen-bond acceptors (Lipinski definition) is 7. The molecule has 3 N–H and O–H groups in total. The Morgan fingerprint density at radius 2 is 1.89 bits per heavy atom. The van der Waals surface area contributed by atoms with E-state index in [1.807, 2.05) is 0 Å². The topological polar surface area (TPSA) is 115 Å². The van der Waals surface area contributed by atoms with Gasteiger partial charge in [0.25, 0.3) is 0 Å². The molecule has 0 saturated carbocycles. The summed E-state index contributed by atoms with van der Waals surface area (Å²) in [7, 11) is 1.48. The molecule has 27 heavy (non-hydrogen) atoms. The molecular weight excluding hydrogens is 356 g/mol. The van der Waals surface area contributed by atoms with Crippen LogP contribution >= 0.6 is 0 Å². The number of para-hydroxylation sites is 1. The maximum Gasteiger partial charge on any atom is 0.314 e. The summed E-state index contributed by atoms with van der Waals surface area (Å²) in [5.74, 6) is -4.43. The molecule has 142 valence electrons. The van der Waals surface area contributed by atoms with Crippen LogP contribution in [-0.4, -0.2) is 47.6 Å². The Morgan fingerprint density at radius 3 is 2.56 bits per heavy atom. The second-order valence-corrected chi connectivity index (χ2v) is 6.38. The fraction of sp³-hybridized carbons (Fsp3) is 0.316. The zero-order valence-corrected chi connectivity index (χ0v) is 14.4. The van der Waals surface area contributed by atoms with Crippen molar-refractivity contribution >= 4 is 5.97 Å². The van der Waals surface area contributed by atoms with E-state index in [0.717, 1.165) is 0 Å². The van der Waals surface area contributed by atoms with Gasteiger partial charge in [0.05, 0.1) is 7.11 Å². The largest absolute Gasteiger partial charge is 0.496 e. The van der Waals surface area contributed by atoms with E-state index in [1.165, 1.54) is 13.2 Å². The van der Waals surface area contributed by atoms with Crippen molar-refractivity contribution in [1.29, 1.82) is 0 Å². The number of carboxylic acid groups (broad SMARTS) is 1. The van der Waals surface area contributed by atoms with Gasteiger partial charge in [-0.05, 0) is 12.1 Å². The van der Waals surface area contributed by atoms with Crippen molar-refractivity contribution in [3.63, 3.8) is 0 Å². The third-order valence-electron chi connectivity index (χ3n) is 4.91. The molecule has 0 radical (unpaired) electrons. The van der Waals surface area contributed by atoms with Gasteiger partial charge in [0.1, 0.15) is 24.0 Å². The van der Waals surface area contributed by atoms with Gasteiger partial charge in [0.15, 0.2) is 11.5 Å². The van der Waals surface area contributed by atoms with Crippen LogP contribution in [0.4, 0.5) is 0 Å². The number of aliphatic hydroxyl groups is 2. The number of aliphatic hydroxyl groups excluding tert-OH is 1. The molecule has 0 aromatic heterocycles. The maximum atomic E-state index is 12.1. The Hall–Kier alpha value is -2.97. The quantitative estimate of drug-likeness (QED) is 0.734. The van der Waals surface area contributed by atoms with Gasteiger partial charge in [0.2, 0.25) is 12.6 Å². The smallest absolute Gasteiger partial charge is 0.314 e. The first-order chi connectivity index (χ1) is 13.0. The molecule has 0 fully saturated rings. The number of fused-ring (bicyclic) bond motifs is 2. The monoisotopic (exact) mass is 374 g/mol. The van der Waals surface area contributed by atoms with Gasteiger partial charge in [-0.2, -0.15) is 0 Å². The van der Waals surface area contributed by atoms with Crippen LogP contribution in [0.3, 0.4) is 0 Å². The summed E-state index contributed by atoms with van der Waals surface area (Å²) in [6.07, 6.45) is 0. The highest BCUT2D eigenvalue weighted by molar-refractivity contribution is 5.76. The highest BCUT2D eigenvalue weighted by atomic mass is 16.7. The molecule has 2 aromatic rings. The third kappa shape index (κ3) is 2.65. The Labute approximate surface area is 154 Å². The van der Waals surface area contributed by atoms with Crippen LogP contribution in [0.1, 0.15) is 17.0 Å². The average Bonchev–Trinajstić information content (AvgIpc) is 3.12. The summed E-state index contributed by atoms with van der Waals surface area (Å²) in [4.78, 5) is 12.1. The van der Waals surface area contributed by atoms with Gasteiger partial charge < -0.3 is 34.3 Å². The predicted octanol–water partition coefficient (Wildman–Crippen LogP) is 1.33. The van der Waals surface area contributed by atoms with Crippen LogP contribution in [0.15, 0.2) is 36.4 Å². The number of carboxylic acids is 1. The number of aliphatic carboxylic acids is 1. The SMILES string of the molecule is COc1ccccc1[C@H]1c2cc3c(cc2O[C@](O)(CO)[C@@H]1C(=O)O)OCO3. The number of ether oxygens (including phenoxy) is 4. The number of methoxy groups -OCH3 is 1. The minimum absolute atomic E-state index is 0.0319. The van der Waals surface area contributed by atoms with Crippen molar-refractivity contribution in [1.82, 2.24) is 0 Å². The van der Waals surface area contributed by atoms with Crippen molar-refractivity contribution in [2.24, 2.45) is 5.92 Å². The number of carbonyl (C=O) groups is 1. The highest BCUT2D eigenvalue weighted by Gasteiger charge is 2.54. The normalized spacial score (nSPS) is 25.4. The summed E-state index contributed by atoms with van der Waals surface area (Å²) in [5.41, 5.74) is 1.04. The van der Waals surface area contributed by atoms with E-state index in [9.17, 15) is 20.1 Å². The molecule has 0 spiro atoms. The van der Waals surface area contributed by atoms with Crippen molar-refractivity contribution in [3.05, 3.63) is 47.5 Å².